The highest BCUT2D eigenvalue weighted by molar-refractivity contribution is 8.77. The highest BCUT2D eigenvalue weighted by Gasteiger charge is 2.03. The summed E-state index contributed by atoms with van der Waals surface area (Å²) >= 11 is 0. The predicted octanol–water partition coefficient (Wildman–Crippen LogP) is -1.18. The Labute approximate surface area is 50.4 Å². The van der Waals surface area contributed by atoms with E-state index < -0.39 is 14.2 Å². The van der Waals surface area contributed by atoms with Crippen LogP contribution in [0.3, 0.4) is 0 Å². The largest absolute Gasteiger partial charge is 0.378 e. The normalized spacial score (nSPS) is 11.1. The lowest BCUT2D eigenvalue weighted by atomic mass is 11.4. The molecule has 0 saturated carbocycles. The average Bonchev–Trinajstić information content (AvgIpc) is 1.21. The van der Waals surface area contributed by atoms with E-state index in [0.717, 1.165) is 0 Å². The maximum Gasteiger partial charge on any atom is 0.269 e. The quantitative estimate of drug-likeness (QED) is 0.251. The Morgan fingerprint density at radius 2 is 2.00 bits per heavy atom. The molecule has 0 radical (unpaired) electrons. The van der Waals surface area contributed by atoms with Gasteiger partial charge < -0.3 is 5.73 Å². The predicted molar refractivity (Wildman–Crippen MR) is 32.6 cm³/mol. The Balaban J connectivity index is 3.95. The lowest BCUT2D eigenvalue weighted by Gasteiger charge is -1.89. The molecule has 7 heteroatoms. The van der Waals surface area contributed by atoms with Gasteiger partial charge in [-0.1, -0.05) is 0 Å². The summed E-state index contributed by atoms with van der Waals surface area (Å²) < 4.78 is 19.9. The fourth-order valence-electron chi connectivity index (χ4n) is 0.125. The van der Waals surface area contributed by atoms with E-state index >= 15 is 0 Å². The van der Waals surface area contributed by atoms with Crippen LogP contribution in [-0.4, -0.2) is 13.6 Å². The van der Waals surface area contributed by atoms with E-state index in [1.165, 1.54) is 0 Å². The molecule has 0 fully saturated rings. The van der Waals surface area contributed by atoms with Crippen molar-refractivity contribution in [2.24, 2.45) is 10.9 Å². The molecule has 0 atom stereocenters. The van der Waals surface area contributed by atoms with Crippen LogP contribution < -0.4 is 10.9 Å². The van der Waals surface area contributed by atoms with Gasteiger partial charge in [-0.2, -0.15) is 0 Å². The van der Waals surface area contributed by atoms with Crippen molar-refractivity contribution in [1.82, 2.24) is 0 Å². The monoisotopic (exact) mass is 155 g/mol. The van der Waals surface area contributed by atoms with Gasteiger partial charge in [0.2, 0.25) is 0 Å². The first-order chi connectivity index (χ1) is 3.42. The first-order valence-electron chi connectivity index (χ1n) is 1.48. The second-order valence-corrected chi connectivity index (χ2v) is 4.43. The van der Waals surface area contributed by atoms with E-state index in [4.69, 9.17) is 5.41 Å². The molecule has 8 heavy (non-hydrogen) atoms. The van der Waals surface area contributed by atoms with Crippen molar-refractivity contribution in [3.63, 3.8) is 0 Å². The maximum absolute atomic E-state index is 9.96. The van der Waals surface area contributed by atoms with Crippen LogP contribution >= 0.6 is 10.8 Å². The Bertz CT molecular complexity index is 181. The fourth-order valence-corrected chi connectivity index (χ4v) is 1.13. The SMILES string of the molecule is N=C(N)SS(N)(=O)=O. The smallest absolute Gasteiger partial charge is 0.269 e. The summed E-state index contributed by atoms with van der Waals surface area (Å²) in [6.45, 7) is 0. The summed E-state index contributed by atoms with van der Waals surface area (Å²) in [5.41, 5.74) is 4.67. The average molecular weight is 155 g/mol. The van der Waals surface area contributed by atoms with E-state index in [-0.39, 0.29) is 10.8 Å². The van der Waals surface area contributed by atoms with Crippen LogP contribution in [0.2, 0.25) is 0 Å². The third-order valence-electron chi connectivity index (χ3n) is 0.206. The first kappa shape index (κ1) is 7.73. The topological polar surface area (TPSA) is 110 Å². The van der Waals surface area contributed by atoms with Crippen molar-refractivity contribution < 1.29 is 8.42 Å². The molecule has 0 spiro atoms. The van der Waals surface area contributed by atoms with E-state index in [1.807, 2.05) is 0 Å². The third-order valence-corrected chi connectivity index (χ3v) is 1.85. The number of amidine groups is 1. The van der Waals surface area contributed by atoms with Gasteiger partial charge in [0.15, 0.2) is 5.17 Å². The molecule has 5 N–H and O–H groups in total. The molecular weight excluding hydrogens is 150 g/mol. The first-order valence-corrected chi connectivity index (χ1v) is 4.36. The summed E-state index contributed by atoms with van der Waals surface area (Å²) in [7, 11) is -3.53. The lowest BCUT2D eigenvalue weighted by Crippen LogP contribution is -2.14. The standard InChI is InChI=1S/CH5N3O2S2/c2-1(3)7-8(4,5)6/h(H3,2,3)(H2,4,5,6). The Kier molecular flexibility index (Phi) is 2.26. The van der Waals surface area contributed by atoms with Crippen molar-refractivity contribution >= 4 is 25.0 Å². The molecule has 5 nitrogen and oxygen atoms in total. The number of rotatable bonds is 1. The van der Waals surface area contributed by atoms with Crippen LogP contribution in [-0.2, 0) is 9.06 Å². The molecule has 0 amide bonds. The molecule has 0 aliphatic carbocycles. The van der Waals surface area contributed by atoms with Crippen molar-refractivity contribution in [2.45, 2.75) is 0 Å². The number of nitrogens with two attached hydrogens (primary N) is 2. The van der Waals surface area contributed by atoms with Gasteiger partial charge in [0.25, 0.3) is 9.06 Å². The summed E-state index contributed by atoms with van der Waals surface area (Å²) in [4.78, 5) is 0. The van der Waals surface area contributed by atoms with E-state index in [9.17, 15) is 8.42 Å². The number of hydrogen-bond donors (Lipinski definition) is 3. The summed E-state index contributed by atoms with van der Waals surface area (Å²) in [5, 5.41) is 10.4. The van der Waals surface area contributed by atoms with Gasteiger partial charge in [-0.15, -0.1) is 0 Å². The molecule has 0 rings (SSSR count). The molecule has 0 aliphatic rings. The Morgan fingerprint density at radius 3 is 2.00 bits per heavy atom. The van der Waals surface area contributed by atoms with Crippen molar-refractivity contribution in [3.8, 4) is 0 Å². The highest BCUT2D eigenvalue weighted by Crippen LogP contribution is 2.02. The molecule has 0 heterocycles. The molecule has 0 unspecified atom stereocenters. The van der Waals surface area contributed by atoms with Crippen LogP contribution in [0.5, 0.6) is 0 Å². The van der Waals surface area contributed by atoms with Gasteiger partial charge in [-0.3, -0.25) is 5.41 Å². The van der Waals surface area contributed by atoms with Gasteiger partial charge in [-0.25, -0.2) is 13.6 Å². The van der Waals surface area contributed by atoms with Gasteiger partial charge >= 0.3 is 0 Å². The molecule has 0 bridgehead atoms. The molecule has 0 aromatic carbocycles. The minimum absolute atomic E-state index is 0.123. The minimum atomic E-state index is -3.66. The van der Waals surface area contributed by atoms with Crippen LogP contribution in [0, 0.1) is 5.41 Å². The molecule has 0 aromatic rings. The van der Waals surface area contributed by atoms with Crippen molar-refractivity contribution in [1.29, 1.82) is 5.41 Å². The number of nitrogens with one attached hydrogen (secondary N) is 1. The zero-order chi connectivity index (χ0) is 6.78. The second kappa shape index (κ2) is 2.33. The third kappa shape index (κ3) is 5.73. The maximum atomic E-state index is 9.96. The van der Waals surface area contributed by atoms with Gasteiger partial charge in [0.05, 0.1) is 10.8 Å². The van der Waals surface area contributed by atoms with E-state index in [0.29, 0.717) is 0 Å². The van der Waals surface area contributed by atoms with E-state index in [2.05, 4.69) is 10.9 Å². The Morgan fingerprint density at radius 1 is 1.62 bits per heavy atom. The summed E-state index contributed by atoms with van der Waals surface area (Å²) in [6.07, 6.45) is 0. The molecule has 0 aliphatic heterocycles. The van der Waals surface area contributed by atoms with Crippen LogP contribution in [0.15, 0.2) is 0 Å². The van der Waals surface area contributed by atoms with E-state index in [1.54, 1.807) is 0 Å². The van der Waals surface area contributed by atoms with Crippen molar-refractivity contribution in [2.75, 3.05) is 0 Å². The lowest BCUT2D eigenvalue weighted by molar-refractivity contribution is 0.612. The van der Waals surface area contributed by atoms with Crippen LogP contribution in [0.25, 0.3) is 0 Å². The molecular formula is CH5N3O2S2. The summed E-state index contributed by atoms with van der Waals surface area (Å²) in [6, 6.07) is 0. The van der Waals surface area contributed by atoms with Crippen molar-refractivity contribution in [3.05, 3.63) is 0 Å². The van der Waals surface area contributed by atoms with Crippen LogP contribution in [0.4, 0.5) is 0 Å². The van der Waals surface area contributed by atoms with Gasteiger partial charge in [0.1, 0.15) is 0 Å². The zero-order valence-corrected chi connectivity index (χ0v) is 5.42. The van der Waals surface area contributed by atoms with Crippen LogP contribution in [0.1, 0.15) is 0 Å². The highest BCUT2D eigenvalue weighted by atomic mass is 33.1. The minimum Gasteiger partial charge on any atom is -0.378 e. The summed E-state index contributed by atoms with van der Waals surface area (Å²) in [5.74, 6) is 0. The molecule has 0 aromatic heterocycles. The second-order valence-electron chi connectivity index (χ2n) is 0.940. The Hall–Kier alpha value is -0.270. The number of hydrogen-bond acceptors (Lipinski definition) is 4. The van der Waals surface area contributed by atoms with Gasteiger partial charge in [0, 0.05) is 0 Å². The molecule has 0 saturated heterocycles. The zero-order valence-electron chi connectivity index (χ0n) is 3.79. The van der Waals surface area contributed by atoms with Gasteiger partial charge in [-0.05, 0) is 0 Å². The fraction of sp³-hybridized carbons (Fsp3) is 0. The molecule has 48 valence electrons.